The first kappa shape index (κ1) is 9.01. The second-order valence-corrected chi connectivity index (χ2v) is 2.93. The molecule has 0 unspecified atom stereocenters. The highest BCUT2D eigenvalue weighted by atomic mass is 79.9. The summed E-state index contributed by atoms with van der Waals surface area (Å²) in [5.74, 6) is -0.405. The minimum atomic E-state index is -0.483. The van der Waals surface area contributed by atoms with Gasteiger partial charge in [-0.3, -0.25) is 0 Å². The predicted octanol–water partition coefficient (Wildman–Crippen LogP) is 2.47. The van der Waals surface area contributed by atoms with Crippen molar-refractivity contribution in [3.63, 3.8) is 0 Å². The normalized spacial score (nSPS) is 9.17. The van der Waals surface area contributed by atoms with Crippen LogP contribution in [0, 0.1) is 17.1 Å². The van der Waals surface area contributed by atoms with Crippen molar-refractivity contribution < 1.29 is 9.13 Å². The van der Waals surface area contributed by atoms with Gasteiger partial charge in [-0.2, -0.15) is 5.26 Å². The number of rotatable bonds is 1. The molecule has 0 aliphatic rings. The van der Waals surface area contributed by atoms with E-state index < -0.39 is 5.82 Å². The Morgan fingerprint density at radius 2 is 2.25 bits per heavy atom. The van der Waals surface area contributed by atoms with E-state index in [1.807, 2.05) is 6.07 Å². The molecule has 0 aliphatic carbocycles. The second kappa shape index (κ2) is 3.55. The molecule has 0 heterocycles. The molecular weight excluding hydrogens is 225 g/mol. The smallest absolute Gasteiger partial charge is 0.166 e. The average molecular weight is 230 g/mol. The van der Waals surface area contributed by atoms with Gasteiger partial charge in [-0.05, 0) is 22.0 Å². The van der Waals surface area contributed by atoms with E-state index in [2.05, 4.69) is 15.9 Å². The van der Waals surface area contributed by atoms with Crippen LogP contribution in [0.5, 0.6) is 5.75 Å². The Labute approximate surface area is 77.7 Å². The summed E-state index contributed by atoms with van der Waals surface area (Å²) < 4.78 is 18.0. The van der Waals surface area contributed by atoms with E-state index in [4.69, 9.17) is 10.00 Å². The number of hydrogen-bond acceptors (Lipinski definition) is 2. The second-order valence-electron chi connectivity index (χ2n) is 2.08. The van der Waals surface area contributed by atoms with Gasteiger partial charge < -0.3 is 4.74 Å². The molecule has 0 radical (unpaired) electrons. The van der Waals surface area contributed by atoms with Crippen molar-refractivity contribution in [2.45, 2.75) is 0 Å². The molecule has 0 atom stereocenters. The molecule has 1 aromatic carbocycles. The molecule has 2 nitrogen and oxygen atoms in total. The molecule has 0 spiro atoms. The lowest BCUT2D eigenvalue weighted by Crippen LogP contribution is -1.89. The van der Waals surface area contributed by atoms with E-state index in [0.29, 0.717) is 10.0 Å². The zero-order valence-corrected chi connectivity index (χ0v) is 7.85. The van der Waals surface area contributed by atoms with Crippen LogP contribution in [0.15, 0.2) is 16.6 Å². The fourth-order valence-electron chi connectivity index (χ4n) is 0.771. The van der Waals surface area contributed by atoms with E-state index in [0.717, 1.165) is 0 Å². The summed E-state index contributed by atoms with van der Waals surface area (Å²) in [6, 6.07) is 4.46. The van der Waals surface area contributed by atoms with Gasteiger partial charge in [-0.1, -0.05) is 0 Å². The number of hydrogen-bond donors (Lipinski definition) is 0. The first-order valence-corrected chi connectivity index (χ1v) is 3.91. The molecule has 0 saturated heterocycles. The third-order valence-corrected chi connectivity index (χ3v) is 2.02. The van der Waals surface area contributed by atoms with Gasteiger partial charge in [-0.25, -0.2) is 4.39 Å². The summed E-state index contributed by atoms with van der Waals surface area (Å²) >= 11 is 3.05. The van der Waals surface area contributed by atoms with Crippen molar-refractivity contribution in [3.05, 3.63) is 28.0 Å². The van der Waals surface area contributed by atoms with Crippen molar-refractivity contribution in [3.8, 4) is 11.8 Å². The van der Waals surface area contributed by atoms with Crippen LogP contribution >= 0.6 is 15.9 Å². The molecule has 62 valence electrons. The number of ether oxygens (including phenoxy) is 1. The van der Waals surface area contributed by atoms with Gasteiger partial charge in [0.2, 0.25) is 0 Å². The van der Waals surface area contributed by atoms with Gasteiger partial charge >= 0.3 is 0 Å². The van der Waals surface area contributed by atoms with Gasteiger partial charge in [0.05, 0.1) is 12.7 Å². The van der Waals surface area contributed by atoms with Crippen molar-refractivity contribution in [2.75, 3.05) is 7.11 Å². The van der Waals surface area contributed by atoms with Gasteiger partial charge in [-0.15, -0.1) is 0 Å². The highest BCUT2D eigenvalue weighted by Crippen LogP contribution is 2.25. The Balaban J connectivity index is 3.30. The van der Waals surface area contributed by atoms with Crippen molar-refractivity contribution in [1.82, 2.24) is 0 Å². The SMILES string of the molecule is COc1cc(C#N)c(Br)cc1F. The van der Waals surface area contributed by atoms with Gasteiger partial charge in [0, 0.05) is 10.5 Å². The Hall–Kier alpha value is -1.08. The highest BCUT2D eigenvalue weighted by Gasteiger charge is 2.07. The van der Waals surface area contributed by atoms with E-state index >= 15 is 0 Å². The third-order valence-electron chi connectivity index (χ3n) is 1.36. The van der Waals surface area contributed by atoms with Crippen LogP contribution in [0.3, 0.4) is 0 Å². The molecular formula is C8H5BrFNO. The maximum Gasteiger partial charge on any atom is 0.166 e. The number of methoxy groups -OCH3 is 1. The Morgan fingerprint density at radius 3 is 2.75 bits per heavy atom. The lowest BCUT2D eigenvalue weighted by Gasteiger charge is -2.02. The molecule has 0 fully saturated rings. The van der Waals surface area contributed by atoms with Crippen LogP contribution in [0.25, 0.3) is 0 Å². The molecule has 0 amide bonds. The summed E-state index contributed by atoms with van der Waals surface area (Å²) in [6.07, 6.45) is 0. The van der Waals surface area contributed by atoms with Gasteiger partial charge in [0.25, 0.3) is 0 Å². The first-order chi connectivity index (χ1) is 5.69. The fraction of sp³-hybridized carbons (Fsp3) is 0.125. The molecule has 0 bridgehead atoms. The van der Waals surface area contributed by atoms with Crippen molar-refractivity contribution in [2.24, 2.45) is 0 Å². The Morgan fingerprint density at radius 1 is 1.58 bits per heavy atom. The fourth-order valence-corrected chi connectivity index (χ4v) is 1.18. The third kappa shape index (κ3) is 1.56. The first-order valence-electron chi connectivity index (χ1n) is 3.12. The van der Waals surface area contributed by atoms with E-state index in [-0.39, 0.29) is 5.75 Å². The minimum absolute atomic E-state index is 0.0785. The van der Waals surface area contributed by atoms with Crippen LogP contribution in [0.2, 0.25) is 0 Å². The summed E-state index contributed by atoms with van der Waals surface area (Å²) in [7, 11) is 1.35. The van der Waals surface area contributed by atoms with Crippen LogP contribution in [0.4, 0.5) is 4.39 Å². The number of nitrogens with zero attached hydrogens (tertiary/aromatic N) is 1. The van der Waals surface area contributed by atoms with Crippen LogP contribution < -0.4 is 4.74 Å². The standard InChI is InChI=1S/C8H5BrFNO/c1-12-8-2-5(4-11)6(9)3-7(8)10/h2-3H,1H3. The number of nitriles is 1. The van der Waals surface area contributed by atoms with Crippen LogP contribution in [-0.4, -0.2) is 7.11 Å². The van der Waals surface area contributed by atoms with Crippen LogP contribution in [0.1, 0.15) is 5.56 Å². The maximum absolute atomic E-state index is 12.9. The number of benzene rings is 1. The molecule has 12 heavy (non-hydrogen) atoms. The molecule has 4 heteroatoms. The Bertz CT molecular complexity index is 346. The summed E-state index contributed by atoms with van der Waals surface area (Å²) in [5, 5.41) is 8.57. The lowest BCUT2D eigenvalue weighted by atomic mass is 10.2. The summed E-state index contributed by atoms with van der Waals surface area (Å²) in [5.41, 5.74) is 0.355. The monoisotopic (exact) mass is 229 g/mol. The average Bonchev–Trinajstić information content (AvgIpc) is 2.05. The molecule has 1 rings (SSSR count). The molecule has 0 N–H and O–H groups in total. The maximum atomic E-state index is 12.9. The quantitative estimate of drug-likeness (QED) is 0.742. The molecule has 0 aromatic heterocycles. The summed E-state index contributed by atoms with van der Waals surface area (Å²) in [6.45, 7) is 0. The summed E-state index contributed by atoms with van der Waals surface area (Å²) in [4.78, 5) is 0. The minimum Gasteiger partial charge on any atom is -0.494 e. The molecule has 0 saturated carbocycles. The number of halogens is 2. The largest absolute Gasteiger partial charge is 0.494 e. The zero-order valence-electron chi connectivity index (χ0n) is 6.27. The van der Waals surface area contributed by atoms with E-state index in [1.165, 1.54) is 19.2 Å². The van der Waals surface area contributed by atoms with Gasteiger partial charge in [0.15, 0.2) is 11.6 Å². The Kier molecular flexibility index (Phi) is 2.66. The predicted molar refractivity (Wildman–Crippen MR) is 45.4 cm³/mol. The van der Waals surface area contributed by atoms with Crippen molar-refractivity contribution in [1.29, 1.82) is 5.26 Å². The lowest BCUT2D eigenvalue weighted by molar-refractivity contribution is 0.386. The van der Waals surface area contributed by atoms with E-state index in [9.17, 15) is 4.39 Å². The van der Waals surface area contributed by atoms with E-state index in [1.54, 1.807) is 0 Å². The highest BCUT2D eigenvalue weighted by molar-refractivity contribution is 9.10. The van der Waals surface area contributed by atoms with Crippen molar-refractivity contribution >= 4 is 15.9 Å². The molecule has 1 aromatic rings. The molecule has 0 aliphatic heterocycles. The van der Waals surface area contributed by atoms with Gasteiger partial charge in [0.1, 0.15) is 6.07 Å². The van der Waals surface area contributed by atoms with Crippen LogP contribution in [-0.2, 0) is 0 Å². The topological polar surface area (TPSA) is 33.0 Å². The zero-order chi connectivity index (χ0) is 9.14.